The Morgan fingerprint density at radius 2 is 2.35 bits per heavy atom. The summed E-state index contributed by atoms with van der Waals surface area (Å²) in [5.41, 5.74) is 0.962. The number of hydrogen-bond acceptors (Lipinski definition) is 4. The van der Waals surface area contributed by atoms with Crippen molar-refractivity contribution < 1.29 is 4.79 Å². The number of carbonyl (C=O) groups excluding carboxylic acids is 1. The van der Waals surface area contributed by atoms with Gasteiger partial charge in [0.1, 0.15) is 5.82 Å². The first-order valence-electron chi connectivity index (χ1n) is 7.94. The lowest BCUT2D eigenvalue weighted by Gasteiger charge is -2.32. The molecule has 1 fully saturated rings. The summed E-state index contributed by atoms with van der Waals surface area (Å²) in [6.07, 6.45) is 4.99. The number of H-pyrrole nitrogens is 1. The molecule has 1 aliphatic heterocycles. The van der Waals surface area contributed by atoms with Gasteiger partial charge in [0.25, 0.3) is 0 Å². The highest BCUT2D eigenvalue weighted by Gasteiger charge is 2.27. The summed E-state index contributed by atoms with van der Waals surface area (Å²) in [6.45, 7) is 1.54. The summed E-state index contributed by atoms with van der Waals surface area (Å²) < 4.78 is 2.53. The number of carbonyl (C=O) groups is 1. The first-order valence-corrected chi connectivity index (χ1v) is 8.35. The van der Waals surface area contributed by atoms with Crippen LogP contribution in [0.4, 0.5) is 0 Å². The van der Waals surface area contributed by atoms with E-state index in [1.807, 2.05) is 34.7 Å². The normalized spacial score (nSPS) is 18.1. The van der Waals surface area contributed by atoms with E-state index in [9.17, 15) is 4.79 Å². The molecule has 1 saturated heterocycles. The molecular weight excluding hydrogens is 310 g/mol. The smallest absolute Gasteiger partial charge is 0.222 e. The van der Waals surface area contributed by atoms with Crippen LogP contribution in [0.25, 0.3) is 0 Å². The monoisotopic (exact) mass is 331 g/mol. The summed E-state index contributed by atoms with van der Waals surface area (Å²) in [4.78, 5) is 18.7. The van der Waals surface area contributed by atoms with Gasteiger partial charge in [-0.1, -0.05) is 6.07 Å². The second-order valence-corrected chi connectivity index (χ2v) is 6.33. The number of aryl methyl sites for hydroxylation is 1. The van der Waals surface area contributed by atoms with Crippen LogP contribution in [0.5, 0.6) is 0 Å². The number of likely N-dealkylation sites (tertiary alicyclic amines) is 1. The Morgan fingerprint density at radius 1 is 1.48 bits per heavy atom. The van der Waals surface area contributed by atoms with Gasteiger partial charge in [-0.3, -0.25) is 14.9 Å². The van der Waals surface area contributed by atoms with Crippen LogP contribution < -0.4 is 0 Å². The first-order chi connectivity index (χ1) is 11.1. The summed E-state index contributed by atoms with van der Waals surface area (Å²) in [7, 11) is 1.92. The van der Waals surface area contributed by atoms with Gasteiger partial charge in [-0.15, -0.1) is 0 Å². The van der Waals surface area contributed by atoms with E-state index in [0.717, 1.165) is 30.9 Å². The summed E-state index contributed by atoms with van der Waals surface area (Å²) >= 11 is 5.18. The van der Waals surface area contributed by atoms with Crippen molar-refractivity contribution in [2.45, 2.75) is 31.6 Å². The van der Waals surface area contributed by atoms with Crippen LogP contribution in [0.1, 0.15) is 36.7 Å². The van der Waals surface area contributed by atoms with Crippen molar-refractivity contribution in [2.75, 3.05) is 13.1 Å². The van der Waals surface area contributed by atoms with E-state index in [2.05, 4.69) is 15.2 Å². The standard InChI is InChI=1S/C16H21N5OS/c1-20-15(18-19-16(20)23)12-5-4-10-21(11-12)14(22)8-7-13-6-2-3-9-17-13/h2-3,6,9,12H,4-5,7-8,10-11H2,1H3,(H,19,23). The first kappa shape index (κ1) is 15.9. The van der Waals surface area contributed by atoms with Crippen molar-refractivity contribution in [1.29, 1.82) is 0 Å². The molecule has 23 heavy (non-hydrogen) atoms. The SMILES string of the molecule is Cn1c(C2CCCN(C(=O)CCc3ccccn3)C2)n[nH]c1=S. The highest BCUT2D eigenvalue weighted by atomic mass is 32.1. The average Bonchev–Trinajstić information content (AvgIpc) is 2.93. The van der Waals surface area contributed by atoms with Gasteiger partial charge in [0.2, 0.25) is 5.91 Å². The number of rotatable bonds is 4. The molecule has 1 amide bonds. The number of hydrogen-bond donors (Lipinski definition) is 1. The molecule has 1 aliphatic rings. The molecule has 2 aromatic rings. The summed E-state index contributed by atoms with van der Waals surface area (Å²) in [6, 6.07) is 5.80. The molecule has 122 valence electrons. The van der Waals surface area contributed by atoms with Crippen LogP contribution >= 0.6 is 12.2 Å². The van der Waals surface area contributed by atoms with Gasteiger partial charge in [-0.25, -0.2) is 0 Å². The van der Waals surface area contributed by atoms with Crippen LogP contribution in [0.2, 0.25) is 0 Å². The maximum Gasteiger partial charge on any atom is 0.222 e. The average molecular weight is 331 g/mol. The summed E-state index contributed by atoms with van der Waals surface area (Å²) in [5, 5.41) is 7.15. The van der Waals surface area contributed by atoms with E-state index in [0.29, 0.717) is 24.2 Å². The minimum Gasteiger partial charge on any atom is -0.342 e. The predicted octanol–water partition coefficient (Wildman–Crippen LogP) is 2.21. The number of nitrogens with one attached hydrogen (secondary N) is 1. The molecule has 3 rings (SSSR count). The third kappa shape index (κ3) is 3.67. The second-order valence-electron chi connectivity index (χ2n) is 5.95. The molecule has 0 aliphatic carbocycles. The molecule has 2 aromatic heterocycles. The zero-order valence-corrected chi connectivity index (χ0v) is 14.1. The molecule has 1 N–H and O–H groups in total. The van der Waals surface area contributed by atoms with Crippen LogP contribution in [0, 0.1) is 4.77 Å². The maximum atomic E-state index is 12.5. The zero-order chi connectivity index (χ0) is 16.2. The van der Waals surface area contributed by atoms with Gasteiger partial charge in [0, 0.05) is 44.4 Å². The fraction of sp³-hybridized carbons (Fsp3) is 0.500. The van der Waals surface area contributed by atoms with Crippen molar-refractivity contribution in [3.63, 3.8) is 0 Å². The topological polar surface area (TPSA) is 66.8 Å². The van der Waals surface area contributed by atoms with Gasteiger partial charge in [0.15, 0.2) is 4.77 Å². The van der Waals surface area contributed by atoms with Crippen LogP contribution in [-0.2, 0) is 18.3 Å². The molecule has 3 heterocycles. The number of aromatic amines is 1. The highest BCUT2D eigenvalue weighted by Crippen LogP contribution is 2.25. The van der Waals surface area contributed by atoms with Crippen LogP contribution in [0.3, 0.4) is 0 Å². The minimum atomic E-state index is 0.192. The van der Waals surface area contributed by atoms with Crippen LogP contribution in [-0.4, -0.2) is 43.6 Å². The third-order valence-corrected chi connectivity index (χ3v) is 4.74. The number of amides is 1. The van der Waals surface area contributed by atoms with E-state index >= 15 is 0 Å². The summed E-state index contributed by atoms with van der Waals surface area (Å²) in [5.74, 6) is 1.38. The van der Waals surface area contributed by atoms with E-state index in [1.165, 1.54) is 0 Å². The molecule has 6 nitrogen and oxygen atoms in total. The molecular formula is C16H21N5OS. The minimum absolute atomic E-state index is 0.192. The molecule has 1 unspecified atom stereocenters. The Labute approximate surface area is 140 Å². The predicted molar refractivity (Wildman–Crippen MR) is 89.5 cm³/mol. The third-order valence-electron chi connectivity index (χ3n) is 4.37. The molecule has 0 saturated carbocycles. The maximum absolute atomic E-state index is 12.5. The van der Waals surface area contributed by atoms with Crippen molar-refractivity contribution in [3.8, 4) is 0 Å². The zero-order valence-electron chi connectivity index (χ0n) is 13.2. The van der Waals surface area contributed by atoms with Crippen molar-refractivity contribution >= 4 is 18.1 Å². The highest BCUT2D eigenvalue weighted by molar-refractivity contribution is 7.71. The number of piperidine rings is 1. The second kappa shape index (κ2) is 7.04. The molecule has 0 spiro atoms. The Morgan fingerprint density at radius 3 is 3.04 bits per heavy atom. The van der Waals surface area contributed by atoms with E-state index in [-0.39, 0.29) is 11.8 Å². The van der Waals surface area contributed by atoms with Crippen molar-refractivity contribution in [3.05, 3.63) is 40.7 Å². The number of pyridine rings is 1. The van der Waals surface area contributed by atoms with E-state index in [1.54, 1.807) is 6.20 Å². The Bertz CT molecular complexity index is 724. The molecule has 0 radical (unpaired) electrons. The quantitative estimate of drug-likeness (QED) is 0.872. The Balaban J connectivity index is 1.60. The van der Waals surface area contributed by atoms with Gasteiger partial charge in [-0.05, 0) is 43.6 Å². The fourth-order valence-corrected chi connectivity index (χ4v) is 3.22. The fourth-order valence-electron chi connectivity index (χ4n) is 3.08. The Hall–Kier alpha value is -2.02. The number of nitrogens with zero attached hydrogens (tertiary/aromatic N) is 4. The van der Waals surface area contributed by atoms with E-state index < -0.39 is 0 Å². The van der Waals surface area contributed by atoms with Crippen LogP contribution in [0.15, 0.2) is 24.4 Å². The van der Waals surface area contributed by atoms with Gasteiger partial charge in [-0.2, -0.15) is 5.10 Å². The van der Waals surface area contributed by atoms with Gasteiger partial charge in [0.05, 0.1) is 0 Å². The molecule has 0 bridgehead atoms. The lowest BCUT2D eigenvalue weighted by Crippen LogP contribution is -2.39. The van der Waals surface area contributed by atoms with Crippen molar-refractivity contribution in [2.24, 2.45) is 7.05 Å². The van der Waals surface area contributed by atoms with Crippen molar-refractivity contribution in [1.82, 2.24) is 24.6 Å². The molecule has 1 atom stereocenters. The van der Waals surface area contributed by atoms with Gasteiger partial charge >= 0.3 is 0 Å². The van der Waals surface area contributed by atoms with E-state index in [4.69, 9.17) is 12.2 Å². The molecule has 0 aromatic carbocycles. The Kier molecular flexibility index (Phi) is 4.85. The molecule has 7 heteroatoms. The van der Waals surface area contributed by atoms with Gasteiger partial charge < -0.3 is 9.47 Å². The lowest BCUT2D eigenvalue weighted by molar-refractivity contribution is -0.132. The largest absolute Gasteiger partial charge is 0.342 e. The lowest BCUT2D eigenvalue weighted by atomic mass is 9.96. The number of aromatic nitrogens is 4.